The largest absolute Gasteiger partial charge is 0.493 e. The Kier molecular flexibility index (Phi) is 8.33. The van der Waals surface area contributed by atoms with Crippen molar-refractivity contribution in [2.24, 2.45) is 5.41 Å². The van der Waals surface area contributed by atoms with E-state index in [1.54, 1.807) is 41.3 Å². The van der Waals surface area contributed by atoms with E-state index >= 15 is 4.79 Å². The molecule has 8 rings (SSSR count). The van der Waals surface area contributed by atoms with E-state index in [9.17, 15) is 18.5 Å². The van der Waals surface area contributed by atoms with Gasteiger partial charge >= 0.3 is 6.03 Å². The molecule has 0 radical (unpaired) electrons. The maximum Gasteiger partial charge on any atom is 0.318 e. The molecule has 3 amide bonds. The minimum absolute atomic E-state index is 0.000929. The molecule has 5 aliphatic heterocycles. The molecule has 1 N–H and O–H groups in total. The lowest BCUT2D eigenvalue weighted by Gasteiger charge is -2.62. The lowest BCUT2D eigenvalue weighted by molar-refractivity contribution is -0.129. The van der Waals surface area contributed by atoms with Gasteiger partial charge in [-0.3, -0.25) is 14.6 Å². The number of para-hydroxylation sites is 1. The molecule has 1 unspecified atom stereocenters. The summed E-state index contributed by atoms with van der Waals surface area (Å²) in [5.41, 5.74) is -0.388. The summed E-state index contributed by atoms with van der Waals surface area (Å²) in [6, 6.07) is 20.2. The molecule has 0 aromatic heterocycles. The number of hydrogen-bond acceptors (Lipinski definition) is 9. The van der Waals surface area contributed by atoms with Crippen LogP contribution in [0.3, 0.4) is 0 Å². The number of nitrogens with one attached hydrogen (secondary N) is 1. The number of ether oxygens (including phenoxy) is 2. The number of nitriles is 1. The van der Waals surface area contributed by atoms with Crippen molar-refractivity contribution in [1.29, 1.82) is 5.26 Å². The van der Waals surface area contributed by atoms with E-state index in [1.165, 1.54) is 30.3 Å². The van der Waals surface area contributed by atoms with Crippen LogP contribution in [-0.2, 0) is 25.1 Å². The van der Waals surface area contributed by atoms with Crippen LogP contribution in [-0.4, -0.2) is 106 Å². The molecule has 3 aromatic rings. The first kappa shape index (κ1) is 33.7. The Bertz CT molecular complexity index is 2010. The summed E-state index contributed by atoms with van der Waals surface area (Å²) in [7, 11) is -4.45. The normalized spacial score (nSPS) is 23.6. The highest BCUT2D eigenvalue weighted by molar-refractivity contribution is 7.93. The number of fused-ring (bicyclic) bond motifs is 1. The molecule has 0 saturated carbocycles. The second-order valence-corrected chi connectivity index (χ2v) is 16.3. The van der Waals surface area contributed by atoms with Crippen molar-refractivity contribution in [2.45, 2.75) is 49.2 Å². The van der Waals surface area contributed by atoms with Gasteiger partial charge in [0.2, 0.25) is 0 Å². The quantitative estimate of drug-likeness (QED) is 0.373. The minimum Gasteiger partial charge on any atom is -0.493 e. The molecular formula is C38H42N6O6S. The van der Waals surface area contributed by atoms with Gasteiger partial charge in [0.15, 0.2) is 5.54 Å². The molecule has 0 aliphatic carbocycles. The molecule has 3 aromatic carbocycles. The molecular weight excluding hydrogens is 669 g/mol. The van der Waals surface area contributed by atoms with Crippen molar-refractivity contribution in [3.8, 4) is 11.8 Å². The van der Waals surface area contributed by atoms with Gasteiger partial charge in [0, 0.05) is 61.9 Å². The highest BCUT2D eigenvalue weighted by Crippen LogP contribution is 2.50. The van der Waals surface area contributed by atoms with Crippen LogP contribution in [0.1, 0.15) is 42.0 Å². The Morgan fingerprint density at radius 2 is 1.67 bits per heavy atom. The molecule has 4 saturated heterocycles. The number of aryl methyl sites for hydroxylation is 1. The highest BCUT2D eigenvalue weighted by Gasteiger charge is 2.60. The number of likely N-dealkylation sites (tertiary alicyclic amines) is 3. The minimum atomic E-state index is -4.45. The molecule has 5 aliphatic rings. The maximum absolute atomic E-state index is 15.1. The zero-order chi connectivity index (χ0) is 35.5. The molecule has 13 heteroatoms. The predicted molar refractivity (Wildman–Crippen MR) is 189 cm³/mol. The average molecular weight is 711 g/mol. The number of urea groups is 1. The van der Waals surface area contributed by atoms with Crippen molar-refractivity contribution in [2.75, 3.05) is 63.4 Å². The number of nitrogens with zero attached hydrogens (tertiary/aromatic N) is 5. The van der Waals surface area contributed by atoms with E-state index < -0.39 is 27.5 Å². The standard InChI is InChI=1S/C38H42N6O6S/c1-3-50-34-7-5-4-6-31(34)38(32-18-27(19-39)10-13-33(32)44(35(38)45)51(47,48)30-11-8-26(2)9-12-30)40-36(46)43-24-37(25-43)22-42(23-37)28-14-16-41(17-15-28)29-20-49-21-29/h4-13,18,28-29H,3,14-17,20-25H2,1-2H3,(H,40,46). The van der Waals surface area contributed by atoms with Crippen LogP contribution < -0.4 is 14.4 Å². The summed E-state index contributed by atoms with van der Waals surface area (Å²) in [5, 5.41) is 12.9. The van der Waals surface area contributed by atoms with E-state index in [0.717, 1.165) is 62.1 Å². The SMILES string of the molecule is CCOc1ccccc1C1(NC(=O)N2CC3(C2)CN(C2CCN(C4COC4)CC2)C3)C(=O)N(S(=O)(=O)c2ccc(C)cc2)c2ccc(C#N)cc21. The summed E-state index contributed by atoms with van der Waals surface area (Å²) in [6.45, 7) is 10.7. The van der Waals surface area contributed by atoms with Gasteiger partial charge in [0.05, 0.1) is 48.1 Å². The maximum atomic E-state index is 15.1. The number of hydrogen-bond donors (Lipinski definition) is 1. The lowest BCUT2D eigenvalue weighted by atomic mass is 9.71. The zero-order valence-corrected chi connectivity index (χ0v) is 29.7. The number of piperidine rings is 1. The first-order chi connectivity index (χ1) is 24.6. The van der Waals surface area contributed by atoms with Gasteiger partial charge in [-0.05, 0) is 63.1 Å². The Morgan fingerprint density at radius 3 is 2.31 bits per heavy atom. The Balaban J connectivity index is 1.09. The third-order valence-electron chi connectivity index (χ3n) is 11.3. The van der Waals surface area contributed by atoms with Gasteiger partial charge in [-0.15, -0.1) is 0 Å². The summed E-state index contributed by atoms with van der Waals surface area (Å²) in [5.74, 6) is -0.555. The smallest absolute Gasteiger partial charge is 0.318 e. The third-order valence-corrected chi connectivity index (χ3v) is 13.0. The third kappa shape index (κ3) is 5.47. The van der Waals surface area contributed by atoms with Crippen molar-refractivity contribution >= 4 is 27.6 Å². The summed E-state index contributed by atoms with van der Waals surface area (Å²) in [6.07, 6.45) is 2.26. The van der Waals surface area contributed by atoms with Crippen molar-refractivity contribution in [3.05, 3.63) is 89.0 Å². The fourth-order valence-corrected chi connectivity index (χ4v) is 9.95. The van der Waals surface area contributed by atoms with Crippen LogP contribution in [0.5, 0.6) is 5.75 Å². The number of benzene rings is 3. The summed E-state index contributed by atoms with van der Waals surface area (Å²) >= 11 is 0. The second kappa shape index (κ2) is 12.6. The summed E-state index contributed by atoms with van der Waals surface area (Å²) in [4.78, 5) is 36.1. The highest BCUT2D eigenvalue weighted by atomic mass is 32.2. The molecule has 51 heavy (non-hydrogen) atoms. The van der Waals surface area contributed by atoms with E-state index in [4.69, 9.17) is 9.47 Å². The second-order valence-electron chi connectivity index (χ2n) is 14.6. The predicted octanol–water partition coefficient (Wildman–Crippen LogP) is 3.43. The van der Waals surface area contributed by atoms with Gasteiger partial charge in [-0.2, -0.15) is 9.57 Å². The monoisotopic (exact) mass is 710 g/mol. The van der Waals surface area contributed by atoms with Crippen molar-refractivity contribution < 1.29 is 27.5 Å². The van der Waals surface area contributed by atoms with Crippen LogP contribution >= 0.6 is 0 Å². The van der Waals surface area contributed by atoms with E-state index in [2.05, 4.69) is 21.2 Å². The number of carbonyl (C=O) groups is 2. The first-order valence-corrected chi connectivity index (χ1v) is 19.1. The zero-order valence-electron chi connectivity index (χ0n) is 28.9. The fourth-order valence-electron chi connectivity index (χ4n) is 8.49. The molecule has 4 fully saturated rings. The summed E-state index contributed by atoms with van der Waals surface area (Å²) < 4.78 is 40.8. The fraction of sp³-hybridized carbons (Fsp3) is 0.447. The lowest BCUT2D eigenvalue weighted by Crippen LogP contribution is -2.76. The van der Waals surface area contributed by atoms with E-state index in [-0.39, 0.29) is 39.3 Å². The van der Waals surface area contributed by atoms with Gasteiger partial charge in [-0.25, -0.2) is 13.2 Å². The van der Waals surface area contributed by atoms with Crippen LogP contribution in [0.4, 0.5) is 10.5 Å². The van der Waals surface area contributed by atoms with Gasteiger partial charge in [-0.1, -0.05) is 35.9 Å². The van der Waals surface area contributed by atoms with Crippen molar-refractivity contribution in [3.63, 3.8) is 0 Å². The average Bonchev–Trinajstić information content (AvgIpc) is 3.31. The molecule has 0 bridgehead atoms. The number of carbonyl (C=O) groups excluding carboxylic acids is 2. The molecule has 266 valence electrons. The van der Waals surface area contributed by atoms with Crippen LogP contribution in [0.2, 0.25) is 0 Å². The Hall–Kier alpha value is -4.48. The number of anilines is 1. The topological polar surface area (TPSA) is 136 Å². The van der Waals surface area contributed by atoms with Gasteiger partial charge < -0.3 is 19.7 Å². The van der Waals surface area contributed by atoms with Crippen LogP contribution in [0.25, 0.3) is 0 Å². The number of rotatable bonds is 8. The Labute approximate surface area is 298 Å². The van der Waals surface area contributed by atoms with Crippen LogP contribution in [0.15, 0.2) is 71.6 Å². The number of amides is 3. The van der Waals surface area contributed by atoms with E-state index in [0.29, 0.717) is 30.9 Å². The molecule has 12 nitrogen and oxygen atoms in total. The number of sulfonamides is 1. The van der Waals surface area contributed by atoms with Crippen molar-refractivity contribution in [1.82, 2.24) is 20.0 Å². The van der Waals surface area contributed by atoms with Gasteiger partial charge in [0.1, 0.15) is 5.75 Å². The molecule has 1 spiro atoms. The molecule has 1 atom stereocenters. The van der Waals surface area contributed by atoms with Crippen LogP contribution in [0, 0.1) is 23.7 Å². The molecule has 5 heterocycles. The first-order valence-electron chi connectivity index (χ1n) is 17.6. The Morgan fingerprint density at radius 1 is 0.961 bits per heavy atom. The van der Waals surface area contributed by atoms with E-state index in [1.807, 2.05) is 13.8 Å². The van der Waals surface area contributed by atoms with Gasteiger partial charge in [0.25, 0.3) is 15.9 Å².